The van der Waals surface area contributed by atoms with Crippen molar-refractivity contribution in [3.05, 3.63) is 34.9 Å². The number of halogens is 2. The molecule has 5 heteroatoms. The third-order valence-electron chi connectivity index (χ3n) is 1.50. The predicted molar refractivity (Wildman–Crippen MR) is 63.0 cm³/mol. The van der Waals surface area contributed by atoms with Gasteiger partial charge < -0.3 is 5.21 Å². The van der Waals surface area contributed by atoms with Gasteiger partial charge in [-0.15, -0.1) is 23.4 Å². The summed E-state index contributed by atoms with van der Waals surface area (Å²) in [7, 11) is 0. The Morgan fingerprint density at radius 3 is 2.50 bits per heavy atom. The summed E-state index contributed by atoms with van der Waals surface area (Å²) < 4.78 is 0. The van der Waals surface area contributed by atoms with Crippen LogP contribution in [0.1, 0.15) is 5.56 Å². The number of alkyl halides is 1. The molecule has 0 saturated heterocycles. The highest BCUT2D eigenvalue weighted by Gasteiger charge is 2.04. The highest BCUT2D eigenvalue weighted by Crippen LogP contribution is 2.16. The fraction of sp³-hybridized carbons (Fsp3) is 0.222. The molecular weight excluding hydrogens is 241 g/mol. The fourth-order valence-electron chi connectivity index (χ4n) is 0.898. The molecule has 0 aromatic heterocycles. The van der Waals surface area contributed by atoms with E-state index in [0.29, 0.717) is 21.7 Å². The summed E-state index contributed by atoms with van der Waals surface area (Å²) in [6.07, 6.45) is 0. The summed E-state index contributed by atoms with van der Waals surface area (Å²) in [6.45, 7) is 0. The molecule has 0 saturated carbocycles. The number of rotatable bonds is 3. The Bertz CT molecular complexity index is 313. The third kappa shape index (κ3) is 3.40. The van der Waals surface area contributed by atoms with Crippen LogP contribution in [0.4, 0.5) is 0 Å². The van der Waals surface area contributed by atoms with Gasteiger partial charge in [-0.05, 0) is 12.1 Å². The Balaban J connectivity index is 2.75. The van der Waals surface area contributed by atoms with Gasteiger partial charge in [-0.2, -0.15) is 0 Å². The lowest BCUT2D eigenvalue weighted by Crippen LogP contribution is -1.97. The number of thioether (sulfide) groups is 1. The van der Waals surface area contributed by atoms with E-state index in [1.54, 1.807) is 24.3 Å². The molecule has 1 aromatic rings. The summed E-state index contributed by atoms with van der Waals surface area (Å²) in [5, 5.41) is 13.2. The van der Waals surface area contributed by atoms with Crippen LogP contribution in [-0.2, 0) is 0 Å². The molecule has 0 radical (unpaired) electrons. The quantitative estimate of drug-likeness (QED) is 0.293. The third-order valence-corrected chi connectivity index (χ3v) is 3.16. The number of oxime groups is 1. The molecule has 0 atom stereocenters. The zero-order valence-electron chi connectivity index (χ0n) is 7.28. The average molecular weight is 250 g/mol. The first-order chi connectivity index (χ1) is 6.77. The molecule has 0 unspecified atom stereocenters. The lowest BCUT2D eigenvalue weighted by Gasteiger charge is -2.02. The zero-order valence-corrected chi connectivity index (χ0v) is 9.61. The predicted octanol–water partition coefficient (Wildman–Crippen LogP) is 3.45. The van der Waals surface area contributed by atoms with Crippen molar-refractivity contribution < 1.29 is 5.21 Å². The summed E-state index contributed by atoms with van der Waals surface area (Å²) in [4.78, 5) is 0. The highest BCUT2D eigenvalue weighted by molar-refractivity contribution is 8.14. The Morgan fingerprint density at radius 1 is 1.36 bits per heavy atom. The van der Waals surface area contributed by atoms with Gasteiger partial charge in [0, 0.05) is 22.2 Å². The Labute approximate surface area is 96.9 Å². The summed E-state index contributed by atoms with van der Waals surface area (Å²) >= 11 is 12.7. The van der Waals surface area contributed by atoms with Crippen molar-refractivity contribution in [2.24, 2.45) is 5.16 Å². The second-order valence-electron chi connectivity index (χ2n) is 2.45. The van der Waals surface area contributed by atoms with Crippen molar-refractivity contribution in [3.63, 3.8) is 0 Å². The number of benzene rings is 1. The minimum absolute atomic E-state index is 0.525. The molecule has 0 aliphatic carbocycles. The van der Waals surface area contributed by atoms with E-state index in [0.717, 1.165) is 5.56 Å². The van der Waals surface area contributed by atoms with Crippen molar-refractivity contribution in [1.29, 1.82) is 0 Å². The van der Waals surface area contributed by atoms with Crippen molar-refractivity contribution in [2.75, 3.05) is 11.6 Å². The minimum Gasteiger partial charge on any atom is -0.410 e. The Hall–Kier alpha value is -0.380. The van der Waals surface area contributed by atoms with Crippen LogP contribution in [0.3, 0.4) is 0 Å². The van der Waals surface area contributed by atoms with Crippen LogP contribution >= 0.6 is 35.0 Å². The van der Waals surface area contributed by atoms with E-state index in [-0.39, 0.29) is 0 Å². The summed E-state index contributed by atoms with van der Waals surface area (Å²) in [5.41, 5.74) is 0.840. The summed E-state index contributed by atoms with van der Waals surface area (Å²) in [5.74, 6) is 1.24. The van der Waals surface area contributed by atoms with Gasteiger partial charge in [-0.25, -0.2) is 0 Å². The monoisotopic (exact) mass is 249 g/mol. The molecule has 1 rings (SSSR count). The van der Waals surface area contributed by atoms with E-state index in [9.17, 15) is 0 Å². The van der Waals surface area contributed by atoms with Crippen molar-refractivity contribution in [1.82, 2.24) is 0 Å². The van der Waals surface area contributed by atoms with E-state index in [2.05, 4.69) is 5.16 Å². The van der Waals surface area contributed by atoms with Crippen molar-refractivity contribution >= 4 is 40.0 Å². The molecule has 0 aliphatic rings. The summed E-state index contributed by atoms with van der Waals surface area (Å²) in [6, 6.07) is 7.11. The van der Waals surface area contributed by atoms with Gasteiger partial charge in [0.15, 0.2) is 0 Å². The van der Waals surface area contributed by atoms with Crippen LogP contribution in [0.2, 0.25) is 5.02 Å². The molecule has 0 fully saturated rings. The molecule has 76 valence electrons. The van der Waals surface area contributed by atoms with Gasteiger partial charge in [-0.1, -0.05) is 28.9 Å². The van der Waals surface area contributed by atoms with Crippen molar-refractivity contribution in [2.45, 2.75) is 0 Å². The second-order valence-corrected chi connectivity index (χ2v) is 4.35. The van der Waals surface area contributed by atoms with Gasteiger partial charge in [0.2, 0.25) is 0 Å². The van der Waals surface area contributed by atoms with Gasteiger partial charge in [0.05, 0.1) is 0 Å². The molecule has 0 bridgehead atoms. The fourth-order valence-corrected chi connectivity index (χ4v) is 1.89. The largest absolute Gasteiger partial charge is 0.410 e. The minimum atomic E-state index is 0.525. The van der Waals surface area contributed by atoms with Gasteiger partial charge in [0.1, 0.15) is 5.04 Å². The van der Waals surface area contributed by atoms with Crippen LogP contribution in [0, 0.1) is 0 Å². The maximum absolute atomic E-state index is 8.77. The van der Waals surface area contributed by atoms with E-state index >= 15 is 0 Å². The topological polar surface area (TPSA) is 32.6 Å². The van der Waals surface area contributed by atoms with E-state index in [1.165, 1.54) is 11.8 Å². The molecule has 0 heterocycles. The molecule has 2 nitrogen and oxygen atoms in total. The second kappa shape index (κ2) is 6.17. The molecule has 1 N–H and O–H groups in total. The van der Waals surface area contributed by atoms with E-state index < -0.39 is 0 Å². The van der Waals surface area contributed by atoms with Crippen molar-refractivity contribution in [3.8, 4) is 0 Å². The molecular formula is C9H9Cl2NOS. The first-order valence-corrected chi connectivity index (χ1v) is 5.84. The standard InChI is InChI=1S/C9H9Cl2NOS/c10-5-6-14-9(12-13)7-1-3-8(11)4-2-7/h1-4,13H,5-6H2/b12-9-. The van der Waals surface area contributed by atoms with E-state index in [4.69, 9.17) is 28.4 Å². The maximum Gasteiger partial charge on any atom is 0.143 e. The highest BCUT2D eigenvalue weighted by atomic mass is 35.5. The molecule has 1 aromatic carbocycles. The van der Waals surface area contributed by atoms with Crippen LogP contribution in [0.5, 0.6) is 0 Å². The van der Waals surface area contributed by atoms with Crippen LogP contribution < -0.4 is 0 Å². The van der Waals surface area contributed by atoms with Crippen LogP contribution in [-0.4, -0.2) is 21.9 Å². The number of hydrogen-bond donors (Lipinski definition) is 1. The number of hydrogen-bond acceptors (Lipinski definition) is 3. The average Bonchev–Trinajstić information content (AvgIpc) is 2.21. The molecule has 14 heavy (non-hydrogen) atoms. The van der Waals surface area contributed by atoms with Gasteiger partial charge in [0.25, 0.3) is 0 Å². The molecule has 0 spiro atoms. The lowest BCUT2D eigenvalue weighted by atomic mass is 10.2. The maximum atomic E-state index is 8.77. The normalized spacial score (nSPS) is 11.7. The zero-order chi connectivity index (χ0) is 10.4. The van der Waals surface area contributed by atoms with Gasteiger partial charge >= 0.3 is 0 Å². The molecule has 0 amide bonds. The smallest absolute Gasteiger partial charge is 0.143 e. The van der Waals surface area contributed by atoms with Crippen LogP contribution in [0.25, 0.3) is 0 Å². The molecule has 0 aliphatic heterocycles. The SMILES string of the molecule is O/N=C(\SCCCl)c1ccc(Cl)cc1. The first kappa shape index (κ1) is 11.7. The lowest BCUT2D eigenvalue weighted by molar-refractivity contribution is 0.321. The Kier molecular flexibility index (Phi) is 5.15. The van der Waals surface area contributed by atoms with Gasteiger partial charge in [-0.3, -0.25) is 0 Å². The first-order valence-electron chi connectivity index (χ1n) is 3.94. The van der Waals surface area contributed by atoms with E-state index in [1.807, 2.05) is 0 Å². The Morgan fingerprint density at radius 2 is 2.00 bits per heavy atom. The number of nitrogens with zero attached hydrogens (tertiary/aromatic N) is 1. The van der Waals surface area contributed by atoms with Crippen LogP contribution in [0.15, 0.2) is 29.4 Å².